The van der Waals surface area contributed by atoms with Crippen molar-refractivity contribution >= 4 is 0 Å². The van der Waals surface area contributed by atoms with Gasteiger partial charge in [-0.1, -0.05) is 5.16 Å². The van der Waals surface area contributed by atoms with Gasteiger partial charge in [-0.15, -0.1) is 0 Å². The lowest BCUT2D eigenvalue weighted by Crippen LogP contribution is -2.18. The van der Waals surface area contributed by atoms with Gasteiger partial charge < -0.3 is 24.1 Å². The minimum Gasteiger partial charge on any atom is -0.493 e. The zero-order valence-electron chi connectivity index (χ0n) is 12.7. The molecule has 1 N–H and O–H groups in total. The molecule has 0 aliphatic carbocycles. The highest BCUT2D eigenvalue weighted by molar-refractivity contribution is 5.60. The zero-order chi connectivity index (χ0) is 16.7. The van der Waals surface area contributed by atoms with Crippen LogP contribution in [0.15, 0.2) is 22.7 Å². The van der Waals surface area contributed by atoms with Crippen LogP contribution in [0.1, 0.15) is 5.89 Å². The fourth-order valence-electron chi connectivity index (χ4n) is 1.81. The first kappa shape index (κ1) is 17.1. The molecule has 23 heavy (non-hydrogen) atoms. The summed E-state index contributed by atoms with van der Waals surface area (Å²) in [5.41, 5.74) is 0.565. The van der Waals surface area contributed by atoms with Gasteiger partial charge in [0.15, 0.2) is 11.5 Å². The maximum Gasteiger partial charge on any atom is 0.387 e. The van der Waals surface area contributed by atoms with Crippen LogP contribution in [-0.2, 0) is 11.3 Å². The molecule has 2 rings (SSSR count). The molecule has 0 fully saturated rings. The number of rotatable bonds is 9. The molecule has 0 saturated heterocycles. The molecule has 0 bridgehead atoms. The minimum absolute atomic E-state index is 0.0591. The molecular formula is C14H17F2N3O4. The first-order valence-corrected chi connectivity index (χ1v) is 6.79. The number of benzene rings is 1. The first-order valence-electron chi connectivity index (χ1n) is 6.79. The van der Waals surface area contributed by atoms with Gasteiger partial charge in [-0.2, -0.15) is 13.8 Å². The van der Waals surface area contributed by atoms with Crippen LogP contribution in [-0.4, -0.2) is 44.1 Å². The Kier molecular flexibility index (Phi) is 6.24. The second-order valence-electron chi connectivity index (χ2n) is 4.43. The van der Waals surface area contributed by atoms with E-state index in [1.165, 1.54) is 19.2 Å². The Morgan fingerprint density at radius 1 is 1.26 bits per heavy atom. The number of ether oxygens (including phenoxy) is 3. The van der Waals surface area contributed by atoms with Crippen LogP contribution in [0.25, 0.3) is 11.4 Å². The van der Waals surface area contributed by atoms with Gasteiger partial charge in [-0.05, 0) is 18.2 Å². The number of methoxy groups -OCH3 is 2. The highest BCUT2D eigenvalue weighted by Crippen LogP contribution is 2.32. The topological polar surface area (TPSA) is 78.6 Å². The smallest absolute Gasteiger partial charge is 0.387 e. The predicted octanol–water partition coefficient (Wildman–Crippen LogP) is 2.08. The molecule has 9 heteroatoms. The Hall–Kier alpha value is -2.26. The molecule has 1 heterocycles. The van der Waals surface area contributed by atoms with E-state index < -0.39 is 6.61 Å². The van der Waals surface area contributed by atoms with E-state index in [1.54, 1.807) is 13.2 Å². The SMILES string of the molecule is COCCNCc1nc(-c2ccc(OC(F)F)c(OC)c2)no1. The summed E-state index contributed by atoms with van der Waals surface area (Å²) in [7, 11) is 2.97. The molecule has 0 aliphatic rings. The first-order chi connectivity index (χ1) is 11.1. The summed E-state index contributed by atoms with van der Waals surface area (Å²) in [6.45, 7) is -1.30. The molecule has 0 aliphatic heterocycles. The number of aromatic nitrogens is 2. The van der Waals surface area contributed by atoms with E-state index in [2.05, 4.69) is 20.2 Å². The number of halogens is 2. The van der Waals surface area contributed by atoms with Crippen molar-refractivity contribution in [3.05, 3.63) is 24.1 Å². The van der Waals surface area contributed by atoms with Crippen molar-refractivity contribution in [1.29, 1.82) is 0 Å². The van der Waals surface area contributed by atoms with E-state index >= 15 is 0 Å². The zero-order valence-corrected chi connectivity index (χ0v) is 12.7. The number of hydrogen-bond acceptors (Lipinski definition) is 7. The summed E-state index contributed by atoms with van der Waals surface area (Å²) >= 11 is 0. The van der Waals surface area contributed by atoms with Gasteiger partial charge in [0.2, 0.25) is 11.7 Å². The average molecular weight is 329 g/mol. The summed E-state index contributed by atoms with van der Waals surface area (Å²) in [6, 6.07) is 4.42. The Balaban J connectivity index is 2.08. The van der Waals surface area contributed by atoms with Gasteiger partial charge >= 0.3 is 6.61 Å². The predicted molar refractivity (Wildman–Crippen MR) is 76.5 cm³/mol. The Morgan fingerprint density at radius 2 is 2.09 bits per heavy atom. The van der Waals surface area contributed by atoms with Crippen molar-refractivity contribution in [1.82, 2.24) is 15.5 Å². The number of nitrogens with one attached hydrogen (secondary N) is 1. The van der Waals surface area contributed by atoms with E-state index in [0.717, 1.165) is 0 Å². The van der Waals surface area contributed by atoms with Crippen molar-refractivity contribution in [2.24, 2.45) is 0 Å². The van der Waals surface area contributed by atoms with Crippen molar-refractivity contribution in [2.45, 2.75) is 13.2 Å². The normalized spacial score (nSPS) is 11.0. The number of hydrogen-bond donors (Lipinski definition) is 1. The molecule has 0 saturated carbocycles. The van der Waals surface area contributed by atoms with E-state index in [9.17, 15) is 8.78 Å². The van der Waals surface area contributed by atoms with E-state index in [0.29, 0.717) is 37.0 Å². The molecule has 1 aromatic heterocycles. The molecule has 0 atom stereocenters. The summed E-state index contributed by atoms with van der Waals surface area (Å²) < 4.78 is 44.0. The van der Waals surface area contributed by atoms with Crippen LogP contribution in [0, 0.1) is 0 Å². The number of nitrogens with zero attached hydrogens (tertiary/aromatic N) is 2. The summed E-state index contributed by atoms with van der Waals surface area (Å²) in [5, 5.41) is 6.92. The Labute approximate surface area is 131 Å². The molecule has 0 unspecified atom stereocenters. The van der Waals surface area contributed by atoms with Gasteiger partial charge in [0.05, 0.1) is 20.3 Å². The fourth-order valence-corrected chi connectivity index (χ4v) is 1.81. The van der Waals surface area contributed by atoms with Crippen molar-refractivity contribution < 1.29 is 27.5 Å². The molecule has 0 radical (unpaired) electrons. The summed E-state index contributed by atoms with van der Waals surface area (Å²) in [6.07, 6.45) is 0. The van der Waals surface area contributed by atoms with Crippen molar-refractivity contribution in [3.8, 4) is 22.9 Å². The standard InChI is InChI=1S/C14H17F2N3O4/c1-20-6-5-17-8-12-18-13(19-23-12)9-3-4-10(22-14(15)16)11(7-9)21-2/h3-4,7,14,17H,5-6,8H2,1-2H3. The molecule has 1 aromatic carbocycles. The third kappa shape index (κ3) is 4.86. The average Bonchev–Trinajstić information content (AvgIpc) is 3.00. The van der Waals surface area contributed by atoms with Crippen molar-refractivity contribution in [2.75, 3.05) is 27.4 Å². The van der Waals surface area contributed by atoms with E-state index in [1.807, 2.05) is 0 Å². The number of alkyl halides is 2. The summed E-state index contributed by atoms with van der Waals surface area (Å²) in [5.74, 6) is 0.835. The van der Waals surface area contributed by atoms with Crippen LogP contribution in [0.3, 0.4) is 0 Å². The molecule has 2 aromatic rings. The van der Waals surface area contributed by atoms with Crippen LogP contribution >= 0.6 is 0 Å². The third-order valence-corrected chi connectivity index (χ3v) is 2.87. The second-order valence-corrected chi connectivity index (χ2v) is 4.43. The summed E-state index contributed by atoms with van der Waals surface area (Å²) in [4.78, 5) is 4.22. The Morgan fingerprint density at radius 3 is 2.78 bits per heavy atom. The molecular weight excluding hydrogens is 312 g/mol. The van der Waals surface area contributed by atoms with Gasteiger partial charge in [-0.25, -0.2) is 0 Å². The minimum atomic E-state index is -2.93. The van der Waals surface area contributed by atoms with Crippen LogP contribution in [0.2, 0.25) is 0 Å². The largest absolute Gasteiger partial charge is 0.493 e. The molecule has 7 nitrogen and oxygen atoms in total. The Bertz CT molecular complexity index is 622. The lowest BCUT2D eigenvalue weighted by atomic mass is 10.2. The quantitative estimate of drug-likeness (QED) is 0.706. The highest BCUT2D eigenvalue weighted by atomic mass is 19.3. The highest BCUT2D eigenvalue weighted by Gasteiger charge is 2.14. The lowest BCUT2D eigenvalue weighted by molar-refractivity contribution is -0.0512. The monoisotopic (exact) mass is 329 g/mol. The second kappa shape index (κ2) is 8.39. The lowest BCUT2D eigenvalue weighted by Gasteiger charge is -2.10. The van der Waals surface area contributed by atoms with E-state index in [4.69, 9.17) is 14.0 Å². The molecule has 0 spiro atoms. The van der Waals surface area contributed by atoms with Crippen LogP contribution < -0.4 is 14.8 Å². The maximum absolute atomic E-state index is 12.3. The fraction of sp³-hybridized carbons (Fsp3) is 0.429. The van der Waals surface area contributed by atoms with E-state index in [-0.39, 0.29) is 11.5 Å². The van der Waals surface area contributed by atoms with Crippen LogP contribution in [0.4, 0.5) is 8.78 Å². The molecule has 0 amide bonds. The van der Waals surface area contributed by atoms with Crippen molar-refractivity contribution in [3.63, 3.8) is 0 Å². The maximum atomic E-state index is 12.3. The van der Waals surface area contributed by atoms with Gasteiger partial charge in [0.25, 0.3) is 0 Å². The van der Waals surface area contributed by atoms with Crippen LogP contribution in [0.5, 0.6) is 11.5 Å². The molecule has 126 valence electrons. The van der Waals surface area contributed by atoms with Gasteiger partial charge in [0, 0.05) is 19.2 Å². The third-order valence-electron chi connectivity index (χ3n) is 2.87. The van der Waals surface area contributed by atoms with Gasteiger partial charge in [-0.3, -0.25) is 0 Å². The van der Waals surface area contributed by atoms with Gasteiger partial charge in [0.1, 0.15) is 0 Å².